The molecule has 2 aromatic heterocycles. The third kappa shape index (κ3) is 3.62. The van der Waals surface area contributed by atoms with Gasteiger partial charge in [0.05, 0.1) is 6.54 Å². The Morgan fingerprint density at radius 2 is 1.79 bits per heavy atom. The van der Waals surface area contributed by atoms with Crippen LogP contribution in [0.4, 0.5) is 10.1 Å². The monoisotopic (exact) mass is 461 g/mol. The number of aryl methyl sites for hydroxylation is 2. The number of carbonyl (C=O) groups excluding carboxylic acids is 2. The summed E-state index contributed by atoms with van der Waals surface area (Å²) in [6, 6.07) is 15.8. The second-order valence-corrected chi connectivity index (χ2v) is 9.76. The highest BCUT2D eigenvalue weighted by Gasteiger charge is 2.48. The number of anilines is 1. The van der Waals surface area contributed by atoms with E-state index in [1.54, 1.807) is 28.4 Å². The van der Waals surface area contributed by atoms with Crippen LogP contribution in [0.5, 0.6) is 0 Å². The second kappa shape index (κ2) is 7.85. The summed E-state index contributed by atoms with van der Waals surface area (Å²) in [5.74, 6) is -0.784. The van der Waals surface area contributed by atoms with Gasteiger partial charge >= 0.3 is 0 Å². The van der Waals surface area contributed by atoms with Crippen molar-refractivity contribution in [3.8, 4) is 0 Å². The molecule has 0 saturated heterocycles. The van der Waals surface area contributed by atoms with Gasteiger partial charge in [-0.05, 0) is 79.2 Å². The number of nitrogens with one attached hydrogen (secondary N) is 1. The smallest absolute Gasteiger partial charge is 0.275 e. The van der Waals surface area contributed by atoms with Crippen LogP contribution < -0.4 is 10.2 Å². The lowest BCUT2D eigenvalue weighted by Crippen LogP contribution is -2.64. The molecule has 0 aliphatic carbocycles. The standard InChI is InChI=1S/C26H24FN3O2S/c1-16-10-17(2)12-21(11-16)30-23(31)22-13-19-8-9-33-24(19)29(22)15-26(30,3)25(32)28-14-18-4-6-20(27)7-5-18/h4-13H,14-15H2,1-3H3,(H,28,32)/t26-/m0/s1. The van der Waals surface area contributed by atoms with Gasteiger partial charge in [-0.2, -0.15) is 0 Å². The molecular weight excluding hydrogens is 437 g/mol. The molecule has 2 amide bonds. The van der Waals surface area contributed by atoms with Crippen molar-refractivity contribution >= 4 is 39.1 Å². The molecule has 33 heavy (non-hydrogen) atoms. The van der Waals surface area contributed by atoms with Crippen molar-refractivity contribution < 1.29 is 14.0 Å². The number of aromatic nitrogens is 1. The van der Waals surface area contributed by atoms with Gasteiger partial charge in [0.25, 0.3) is 5.91 Å². The molecule has 3 heterocycles. The van der Waals surface area contributed by atoms with E-state index in [2.05, 4.69) is 5.32 Å². The minimum atomic E-state index is -1.15. The van der Waals surface area contributed by atoms with Crippen LogP contribution in [0.15, 0.2) is 60.0 Å². The Balaban J connectivity index is 1.57. The topological polar surface area (TPSA) is 54.3 Å². The average Bonchev–Trinajstić information content (AvgIpc) is 3.35. The highest BCUT2D eigenvalue weighted by Crippen LogP contribution is 2.38. The molecule has 0 spiro atoms. The molecule has 0 radical (unpaired) electrons. The zero-order valence-corrected chi connectivity index (χ0v) is 19.5. The number of halogens is 1. The second-order valence-electron chi connectivity index (χ2n) is 8.87. The van der Waals surface area contributed by atoms with E-state index in [0.717, 1.165) is 26.9 Å². The lowest BCUT2D eigenvalue weighted by Gasteiger charge is -2.44. The minimum absolute atomic E-state index is 0.200. The fraction of sp³-hybridized carbons (Fsp3) is 0.231. The average molecular weight is 462 g/mol. The molecule has 1 N–H and O–H groups in total. The summed E-state index contributed by atoms with van der Waals surface area (Å²) in [4.78, 5) is 30.1. The summed E-state index contributed by atoms with van der Waals surface area (Å²) >= 11 is 1.56. The molecule has 1 atom stereocenters. The van der Waals surface area contributed by atoms with Gasteiger partial charge in [0.15, 0.2) is 0 Å². The molecule has 168 valence electrons. The molecule has 1 aliphatic rings. The highest BCUT2D eigenvalue weighted by atomic mass is 32.1. The molecule has 0 fully saturated rings. The van der Waals surface area contributed by atoms with Crippen molar-refractivity contribution in [1.29, 1.82) is 0 Å². The number of fused-ring (bicyclic) bond motifs is 3. The van der Waals surface area contributed by atoms with E-state index >= 15 is 0 Å². The number of benzene rings is 2. The largest absolute Gasteiger partial charge is 0.350 e. The van der Waals surface area contributed by atoms with Crippen molar-refractivity contribution in [2.24, 2.45) is 0 Å². The number of hydrogen-bond acceptors (Lipinski definition) is 3. The fourth-order valence-electron chi connectivity index (χ4n) is 4.66. The van der Waals surface area contributed by atoms with E-state index < -0.39 is 5.54 Å². The van der Waals surface area contributed by atoms with Crippen LogP contribution in [0, 0.1) is 19.7 Å². The van der Waals surface area contributed by atoms with Crippen LogP contribution in [0.25, 0.3) is 10.2 Å². The summed E-state index contributed by atoms with van der Waals surface area (Å²) in [5, 5.41) is 5.97. The fourth-order valence-corrected chi connectivity index (χ4v) is 5.55. The number of thiophene rings is 1. The Morgan fingerprint density at radius 1 is 1.09 bits per heavy atom. The first kappa shape index (κ1) is 21.4. The maximum absolute atomic E-state index is 13.8. The maximum atomic E-state index is 13.8. The number of amides is 2. The normalized spacial score (nSPS) is 17.9. The first-order chi connectivity index (χ1) is 15.8. The van der Waals surface area contributed by atoms with Gasteiger partial charge in [0, 0.05) is 17.6 Å². The maximum Gasteiger partial charge on any atom is 0.275 e. The molecule has 1 aliphatic heterocycles. The van der Waals surface area contributed by atoms with Gasteiger partial charge in [0.1, 0.15) is 21.9 Å². The Bertz CT molecular complexity index is 1370. The SMILES string of the molecule is Cc1cc(C)cc(N2C(=O)c3cc4ccsc4n3C[C@@]2(C)C(=O)NCc2ccc(F)cc2)c1. The first-order valence-electron chi connectivity index (χ1n) is 10.8. The van der Waals surface area contributed by atoms with E-state index in [0.29, 0.717) is 17.9 Å². The molecule has 4 aromatic rings. The quantitative estimate of drug-likeness (QED) is 0.455. The molecule has 5 nitrogen and oxygen atoms in total. The van der Waals surface area contributed by atoms with Crippen molar-refractivity contribution in [3.63, 3.8) is 0 Å². The predicted octanol–water partition coefficient (Wildman–Crippen LogP) is 5.19. The summed E-state index contributed by atoms with van der Waals surface area (Å²) in [5.41, 5.74) is 2.96. The molecule has 0 bridgehead atoms. The summed E-state index contributed by atoms with van der Waals surface area (Å²) < 4.78 is 15.2. The van der Waals surface area contributed by atoms with Crippen LogP contribution in [0.1, 0.15) is 34.1 Å². The Kier molecular flexibility index (Phi) is 5.09. The van der Waals surface area contributed by atoms with Crippen molar-refractivity contribution in [1.82, 2.24) is 9.88 Å². The van der Waals surface area contributed by atoms with E-state index in [4.69, 9.17) is 0 Å². The van der Waals surface area contributed by atoms with E-state index in [9.17, 15) is 14.0 Å². The first-order valence-corrected chi connectivity index (χ1v) is 11.7. The summed E-state index contributed by atoms with van der Waals surface area (Å²) in [7, 11) is 0. The van der Waals surface area contributed by atoms with Crippen LogP contribution in [-0.4, -0.2) is 21.9 Å². The molecule has 2 aromatic carbocycles. The Hall–Kier alpha value is -3.45. The number of carbonyl (C=O) groups is 2. The van der Waals surface area contributed by atoms with Crippen molar-refractivity contribution in [2.75, 3.05) is 4.90 Å². The molecule has 7 heteroatoms. The highest BCUT2D eigenvalue weighted by molar-refractivity contribution is 7.16. The van der Waals surface area contributed by atoms with Crippen LogP contribution in [0.3, 0.4) is 0 Å². The Labute approximate surface area is 195 Å². The van der Waals surface area contributed by atoms with Gasteiger partial charge in [-0.25, -0.2) is 4.39 Å². The van der Waals surface area contributed by atoms with Crippen LogP contribution in [0.2, 0.25) is 0 Å². The predicted molar refractivity (Wildman–Crippen MR) is 129 cm³/mol. The molecule has 0 unspecified atom stereocenters. The number of hydrogen-bond donors (Lipinski definition) is 1. The number of rotatable bonds is 4. The van der Waals surface area contributed by atoms with Gasteiger partial charge in [0.2, 0.25) is 5.91 Å². The van der Waals surface area contributed by atoms with Gasteiger partial charge < -0.3 is 9.88 Å². The van der Waals surface area contributed by atoms with E-state index in [-0.39, 0.29) is 24.2 Å². The molecule has 5 rings (SSSR count). The molecule has 0 saturated carbocycles. The van der Waals surface area contributed by atoms with Crippen LogP contribution >= 0.6 is 11.3 Å². The third-order valence-corrected chi connectivity index (χ3v) is 7.16. The third-order valence-electron chi connectivity index (χ3n) is 6.20. The summed E-state index contributed by atoms with van der Waals surface area (Å²) in [6.07, 6.45) is 0. The van der Waals surface area contributed by atoms with Crippen LogP contribution in [-0.2, 0) is 17.9 Å². The van der Waals surface area contributed by atoms with E-state index in [1.165, 1.54) is 12.1 Å². The minimum Gasteiger partial charge on any atom is -0.350 e. The van der Waals surface area contributed by atoms with Gasteiger partial charge in [-0.3, -0.25) is 14.5 Å². The Morgan fingerprint density at radius 3 is 2.48 bits per heavy atom. The zero-order chi connectivity index (χ0) is 23.3. The summed E-state index contributed by atoms with van der Waals surface area (Å²) in [6.45, 7) is 6.35. The van der Waals surface area contributed by atoms with Crippen molar-refractivity contribution in [2.45, 2.75) is 39.4 Å². The van der Waals surface area contributed by atoms with Crippen molar-refractivity contribution in [3.05, 3.63) is 88.2 Å². The molecular formula is C26H24FN3O2S. The van der Waals surface area contributed by atoms with Gasteiger partial charge in [-0.1, -0.05) is 18.2 Å². The lowest BCUT2D eigenvalue weighted by atomic mass is 9.93. The zero-order valence-electron chi connectivity index (χ0n) is 18.7. The lowest BCUT2D eigenvalue weighted by molar-refractivity contribution is -0.126. The van der Waals surface area contributed by atoms with E-state index in [1.807, 2.05) is 61.1 Å². The number of nitrogens with zero attached hydrogens (tertiary/aromatic N) is 2. The van der Waals surface area contributed by atoms with Gasteiger partial charge in [-0.15, -0.1) is 11.3 Å².